The first-order valence-electron chi connectivity index (χ1n) is 4.64. The van der Waals surface area contributed by atoms with E-state index >= 15 is 0 Å². The van der Waals surface area contributed by atoms with Crippen LogP contribution in [0.15, 0.2) is 0 Å². The molecule has 0 N–H and O–H groups in total. The van der Waals surface area contributed by atoms with Crippen LogP contribution in [0, 0.1) is 11.3 Å². The number of rotatable bonds is 3. The summed E-state index contributed by atoms with van der Waals surface area (Å²) in [6.45, 7) is 7.09. The van der Waals surface area contributed by atoms with Crippen LogP contribution in [0.4, 0.5) is 0 Å². The van der Waals surface area contributed by atoms with Crippen molar-refractivity contribution in [2.45, 2.75) is 52.9 Å². The molecule has 1 aliphatic rings. The lowest BCUT2D eigenvalue weighted by Gasteiger charge is -2.33. The van der Waals surface area contributed by atoms with Crippen molar-refractivity contribution in [1.82, 2.24) is 0 Å². The van der Waals surface area contributed by atoms with Gasteiger partial charge in [-0.2, -0.15) is 0 Å². The molecule has 1 rings (SSSR count). The third-order valence-corrected chi connectivity index (χ3v) is 3.02. The van der Waals surface area contributed by atoms with E-state index in [2.05, 4.69) is 20.8 Å². The van der Waals surface area contributed by atoms with Crippen LogP contribution in [-0.4, -0.2) is 0 Å². The Morgan fingerprint density at radius 3 is 2.20 bits per heavy atom. The highest BCUT2D eigenvalue weighted by molar-refractivity contribution is 4.77. The van der Waals surface area contributed by atoms with Gasteiger partial charge in [0.25, 0.3) is 0 Å². The Balaban J connectivity index is 2.21. The second-order valence-electron chi connectivity index (χ2n) is 4.52. The Kier molecular flexibility index (Phi) is 2.38. The highest BCUT2D eigenvalue weighted by atomic mass is 14.3. The molecular weight excluding hydrogens is 120 g/mol. The minimum atomic E-state index is 0.616. The molecule has 0 nitrogen and oxygen atoms in total. The molecule has 0 saturated heterocycles. The van der Waals surface area contributed by atoms with Crippen LogP contribution in [0.5, 0.6) is 0 Å². The Bertz CT molecular complexity index is 98.6. The fourth-order valence-corrected chi connectivity index (χ4v) is 1.62. The summed E-state index contributed by atoms with van der Waals surface area (Å²) in [7, 11) is 0. The molecule has 0 bridgehead atoms. The van der Waals surface area contributed by atoms with Crippen molar-refractivity contribution in [1.29, 1.82) is 0 Å². The molecule has 0 heteroatoms. The van der Waals surface area contributed by atoms with E-state index in [1.54, 1.807) is 0 Å². The molecule has 0 unspecified atom stereocenters. The molecule has 0 amide bonds. The monoisotopic (exact) mass is 140 g/mol. The third-order valence-electron chi connectivity index (χ3n) is 3.02. The molecule has 0 aromatic carbocycles. The number of hydrogen-bond donors (Lipinski definition) is 0. The summed E-state index contributed by atoms with van der Waals surface area (Å²) in [5, 5.41) is 0. The van der Waals surface area contributed by atoms with Crippen LogP contribution in [0.3, 0.4) is 0 Å². The van der Waals surface area contributed by atoms with Gasteiger partial charge < -0.3 is 0 Å². The van der Waals surface area contributed by atoms with Gasteiger partial charge in [-0.05, 0) is 17.8 Å². The van der Waals surface area contributed by atoms with Gasteiger partial charge >= 0.3 is 0 Å². The lowest BCUT2D eigenvalue weighted by atomic mass is 9.72. The number of hydrogen-bond acceptors (Lipinski definition) is 0. The van der Waals surface area contributed by atoms with Gasteiger partial charge in [-0.3, -0.25) is 0 Å². The molecule has 60 valence electrons. The molecule has 1 saturated carbocycles. The quantitative estimate of drug-likeness (QED) is 0.561. The van der Waals surface area contributed by atoms with Crippen LogP contribution < -0.4 is 0 Å². The van der Waals surface area contributed by atoms with E-state index in [1.807, 2.05) is 0 Å². The summed E-state index contributed by atoms with van der Waals surface area (Å²) >= 11 is 0. The zero-order valence-corrected chi connectivity index (χ0v) is 7.61. The maximum Gasteiger partial charge on any atom is -0.0354 e. The Morgan fingerprint density at radius 1 is 1.30 bits per heavy atom. The minimum Gasteiger partial charge on any atom is -0.0649 e. The van der Waals surface area contributed by atoms with Crippen molar-refractivity contribution < 1.29 is 0 Å². The highest BCUT2D eigenvalue weighted by Crippen LogP contribution is 2.38. The molecule has 0 aromatic rings. The molecule has 1 fully saturated rings. The Morgan fingerprint density at radius 2 is 1.90 bits per heavy atom. The predicted molar refractivity (Wildman–Crippen MR) is 46.0 cm³/mol. The smallest absolute Gasteiger partial charge is 0.0354 e. The topological polar surface area (TPSA) is 0 Å². The minimum absolute atomic E-state index is 0.616. The van der Waals surface area contributed by atoms with Crippen molar-refractivity contribution in [3.8, 4) is 0 Å². The maximum atomic E-state index is 2.39. The van der Waals surface area contributed by atoms with Crippen LogP contribution in [0.1, 0.15) is 52.9 Å². The SMILES string of the molecule is CCC(C)(C)CC1CCC1. The summed E-state index contributed by atoms with van der Waals surface area (Å²) < 4.78 is 0. The van der Waals surface area contributed by atoms with E-state index in [0.717, 1.165) is 5.92 Å². The molecule has 0 aliphatic heterocycles. The fourth-order valence-electron chi connectivity index (χ4n) is 1.62. The normalized spacial score (nSPS) is 20.7. The molecule has 0 atom stereocenters. The summed E-state index contributed by atoms with van der Waals surface area (Å²) in [5.41, 5.74) is 0.616. The standard InChI is InChI=1S/C10H20/c1-4-10(2,3)8-9-6-5-7-9/h9H,4-8H2,1-3H3. The Hall–Kier alpha value is 0. The van der Waals surface area contributed by atoms with Gasteiger partial charge in [-0.15, -0.1) is 0 Å². The van der Waals surface area contributed by atoms with Gasteiger partial charge in [0.15, 0.2) is 0 Å². The molecule has 10 heavy (non-hydrogen) atoms. The largest absolute Gasteiger partial charge is 0.0649 e. The predicted octanol–water partition coefficient (Wildman–Crippen LogP) is 3.61. The van der Waals surface area contributed by atoms with Gasteiger partial charge in [0, 0.05) is 0 Å². The molecule has 0 spiro atoms. The van der Waals surface area contributed by atoms with Crippen LogP contribution in [-0.2, 0) is 0 Å². The van der Waals surface area contributed by atoms with E-state index in [9.17, 15) is 0 Å². The van der Waals surface area contributed by atoms with Gasteiger partial charge in [0.05, 0.1) is 0 Å². The second kappa shape index (κ2) is 2.94. The average molecular weight is 140 g/mol. The molecule has 0 heterocycles. The first kappa shape index (κ1) is 8.10. The molecule has 0 radical (unpaired) electrons. The zero-order valence-electron chi connectivity index (χ0n) is 7.61. The van der Waals surface area contributed by atoms with Gasteiger partial charge in [0.1, 0.15) is 0 Å². The van der Waals surface area contributed by atoms with Gasteiger partial charge in [0.2, 0.25) is 0 Å². The zero-order chi connectivity index (χ0) is 7.61. The van der Waals surface area contributed by atoms with Crippen molar-refractivity contribution in [2.24, 2.45) is 11.3 Å². The van der Waals surface area contributed by atoms with E-state index in [0.29, 0.717) is 5.41 Å². The van der Waals surface area contributed by atoms with Crippen LogP contribution in [0.2, 0.25) is 0 Å². The fraction of sp³-hybridized carbons (Fsp3) is 1.00. The van der Waals surface area contributed by atoms with Crippen LogP contribution >= 0.6 is 0 Å². The van der Waals surface area contributed by atoms with Gasteiger partial charge in [-0.25, -0.2) is 0 Å². The summed E-state index contributed by atoms with van der Waals surface area (Å²) in [5.74, 6) is 1.08. The summed E-state index contributed by atoms with van der Waals surface area (Å²) in [4.78, 5) is 0. The van der Waals surface area contributed by atoms with E-state index in [-0.39, 0.29) is 0 Å². The Labute approximate surface area is 65.0 Å². The molecule has 1 aliphatic carbocycles. The lowest BCUT2D eigenvalue weighted by molar-refractivity contribution is 0.187. The van der Waals surface area contributed by atoms with Crippen molar-refractivity contribution in [3.63, 3.8) is 0 Å². The van der Waals surface area contributed by atoms with Crippen LogP contribution in [0.25, 0.3) is 0 Å². The third kappa shape index (κ3) is 2.00. The summed E-state index contributed by atoms with van der Waals surface area (Å²) in [6.07, 6.45) is 7.30. The van der Waals surface area contributed by atoms with Crippen molar-refractivity contribution in [2.75, 3.05) is 0 Å². The second-order valence-corrected chi connectivity index (χ2v) is 4.52. The highest BCUT2D eigenvalue weighted by Gasteiger charge is 2.25. The average Bonchev–Trinajstić information content (AvgIpc) is 1.80. The summed E-state index contributed by atoms with van der Waals surface area (Å²) in [6, 6.07) is 0. The lowest BCUT2D eigenvalue weighted by Crippen LogP contribution is -2.20. The molecular formula is C10H20. The van der Waals surface area contributed by atoms with E-state index < -0.39 is 0 Å². The van der Waals surface area contributed by atoms with Crippen molar-refractivity contribution in [3.05, 3.63) is 0 Å². The molecule has 0 aromatic heterocycles. The maximum absolute atomic E-state index is 2.39. The first-order valence-corrected chi connectivity index (χ1v) is 4.64. The van der Waals surface area contributed by atoms with Crippen molar-refractivity contribution >= 4 is 0 Å². The van der Waals surface area contributed by atoms with Gasteiger partial charge in [-0.1, -0.05) is 46.5 Å². The first-order chi connectivity index (χ1) is 4.64. The van der Waals surface area contributed by atoms with E-state index in [4.69, 9.17) is 0 Å². The van der Waals surface area contributed by atoms with E-state index in [1.165, 1.54) is 32.1 Å².